The number of carbonyl (C=O) groups is 1. The first-order chi connectivity index (χ1) is 6.11. The zero-order chi connectivity index (χ0) is 9.84. The maximum atomic E-state index is 10.4. The van der Waals surface area contributed by atoms with Gasteiger partial charge in [0.05, 0.1) is 24.8 Å². The Morgan fingerprint density at radius 1 is 1.85 bits per heavy atom. The summed E-state index contributed by atoms with van der Waals surface area (Å²) in [4.78, 5) is 14.3. The van der Waals surface area contributed by atoms with E-state index in [9.17, 15) is 4.79 Å². The highest BCUT2D eigenvalue weighted by Gasteiger charge is 2.11. The van der Waals surface area contributed by atoms with Gasteiger partial charge in [-0.1, -0.05) is 0 Å². The summed E-state index contributed by atoms with van der Waals surface area (Å²) in [6.07, 6.45) is 2.51. The van der Waals surface area contributed by atoms with E-state index < -0.39 is 12.1 Å². The molecule has 5 heteroatoms. The van der Waals surface area contributed by atoms with Crippen LogP contribution in [0.2, 0.25) is 0 Å². The summed E-state index contributed by atoms with van der Waals surface area (Å²) in [6.45, 7) is 1.77. The van der Waals surface area contributed by atoms with E-state index in [2.05, 4.69) is 4.98 Å². The van der Waals surface area contributed by atoms with Crippen molar-refractivity contribution in [3.05, 3.63) is 18.2 Å². The van der Waals surface area contributed by atoms with E-state index in [-0.39, 0.29) is 6.61 Å². The molecule has 0 aliphatic carbocycles. The quantitative estimate of drug-likeness (QED) is 0.736. The van der Waals surface area contributed by atoms with Gasteiger partial charge in [-0.3, -0.25) is 0 Å². The number of carboxylic acid groups (broad SMARTS) is 1. The summed E-state index contributed by atoms with van der Waals surface area (Å²) in [6, 6.07) is 0. The van der Waals surface area contributed by atoms with Crippen LogP contribution in [-0.4, -0.2) is 26.7 Å². The first kappa shape index (κ1) is 9.73. The van der Waals surface area contributed by atoms with Crippen molar-refractivity contribution in [2.24, 2.45) is 7.05 Å². The van der Waals surface area contributed by atoms with Crippen LogP contribution in [0.3, 0.4) is 0 Å². The third-order valence-electron chi connectivity index (χ3n) is 1.75. The molecule has 0 fully saturated rings. The third-order valence-corrected chi connectivity index (χ3v) is 1.75. The molecule has 0 bridgehead atoms. The Hall–Kier alpha value is -1.36. The Morgan fingerprint density at radius 2 is 2.54 bits per heavy atom. The van der Waals surface area contributed by atoms with E-state index in [0.29, 0.717) is 0 Å². The zero-order valence-electron chi connectivity index (χ0n) is 7.60. The summed E-state index contributed by atoms with van der Waals surface area (Å²) >= 11 is 0. The number of aryl methyl sites for hydroxylation is 1. The largest absolute Gasteiger partial charge is 0.479 e. The van der Waals surface area contributed by atoms with Crippen LogP contribution in [-0.2, 0) is 23.2 Å². The number of rotatable bonds is 4. The van der Waals surface area contributed by atoms with Crippen molar-refractivity contribution < 1.29 is 14.6 Å². The summed E-state index contributed by atoms with van der Waals surface area (Å²) in [7, 11) is 1.83. The van der Waals surface area contributed by atoms with Crippen LogP contribution in [0, 0.1) is 0 Å². The van der Waals surface area contributed by atoms with Gasteiger partial charge in [0.2, 0.25) is 0 Å². The van der Waals surface area contributed by atoms with Crippen molar-refractivity contribution in [1.29, 1.82) is 0 Å². The van der Waals surface area contributed by atoms with Crippen molar-refractivity contribution in [2.45, 2.75) is 19.6 Å². The average Bonchev–Trinajstić information content (AvgIpc) is 2.47. The fourth-order valence-electron chi connectivity index (χ4n) is 0.805. The minimum Gasteiger partial charge on any atom is -0.479 e. The number of imidazole rings is 1. The Bertz CT molecular complexity index is 295. The van der Waals surface area contributed by atoms with Crippen LogP contribution >= 0.6 is 0 Å². The Balaban J connectivity index is 2.44. The predicted octanol–water partition coefficient (Wildman–Crippen LogP) is 0.410. The van der Waals surface area contributed by atoms with Gasteiger partial charge < -0.3 is 14.4 Å². The minimum absolute atomic E-state index is 0.268. The molecule has 0 spiro atoms. The van der Waals surface area contributed by atoms with E-state index in [1.54, 1.807) is 17.1 Å². The second-order valence-electron chi connectivity index (χ2n) is 2.79. The fourth-order valence-corrected chi connectivity index (χ4v) is 0.805. The minimum atomic E-state index is -0.956. The van der Waals surface area contributed by atoms with Gasteiger partial charge in [-0.25, -0.2) is 9.78 Å². The van der Waals surface area contributed by atoms with Gasteiger partial charge in [-0.05, 0) is 6.92 Å². The molecule has 0 amide bonds. The van der Waals surface area contributed by atoms with Crippen LogP contribution in [0.4, 0.5) is 0 Å². The molecule has 1 aromatic rings. The first-order valence-electron chi connectivity index (χ1n) is 3.91. The van der Waals surface area contributed by atoms with Crippen molar-refractivity contribution >= 4 is 5.97 Å². The van der Waals surface area contributed by atoms with Gasteiger partial charge in [-0.15, -0.1) is 0 Å². The molecule has 1 atom stereocenters. The van der Waals surface area contributed by atoms with Gasteiger partial charge in [0.1, 0.15) is 0 Å². The Kier molecular flexibility index (Phi) is 3.02. The van der Waals surface area contributed by atoms with Crippen molar-refractivity contribution in [2.75, 3.05) is 0 Å². The van der Waals surface area contributed by atoms with Crippen LogP contribution in [0.1, 0.15) is 12.6 Å². The van der Waals surface area contributed by atoms with E-state index in [0.717, 1.165) is 5.69 Å². The Labute approximate surface area is 76.0 Å². The normalized spacial score (nSPS) is 12.8. The van der Waals surface area contributed by atoms with Crippen molar-refractivity contribution in [3.63, 3.8) is 0 Å². The number of aliphatic carboxylic acids is 1. The van der Waals surface area contributed by atoms with E-state index in [4.69, 9.17) is 9.84 Å². The van der Waals surface area contributed by atoms with Gasteiger partial charge in [-0.2, -0.15) is 0 Å². The molecule has 0 saturated carbocycles. The van der Waals surface area contributed by atoms with Gasteiger partial charge in [0.15, 0.2) is 6.10 Å². The highest BCUT2D eigenvalue weighted by molar-refractivity contribution is 5.71. The van der Waals surface area contributed by atoms with Gasteiger partial charge in [0.25, 0.3) is 0 Å². The lowest BCUT2D eigenvalue weighted by atomic mass is 10.4. The summed E-state index contributed by atoms with van der Waals surface area (Å²) in [5, 5.41) is 8.53. The topological polar surface area (TPSA) is 64.4 Å². The zero-order valence-corrected chi connectivity index (χ0v) is 7.60. The molecule has 0 aliphatic heterocycles. The van der Waals surface area contributed by atoms with Crippen LogP contribution in [0.5, 0.6) is 0 Å². The number of nitrogens with zero attached hydrogens (tertiary/aromatic N) is 2. The van der Waals surface area contributed by atoms with Crippen molar-refractivity contribution in [1.82, 2.24) is 9.55 Å². The lowest BCUT2D eigenvalue weighted by Crippen LogP contribution is -2.20. The fraction of sp³-hybridized carbons (Fsp3) is 0.500. The number of carboxylic acids is 1. The molecule has 0 unspecified atom stereocenters. The summed E-state index contributed by atoms with van der Waals surface area (Å²) in [5.74, 6) is -0.956. The smallest absolute Gasteiger partial charge is 0.332 e. The summed E-state index contributed by atoms with van der Waals surface area (Å²) < 4.78 is 6.85. The lowest BCUT2D eigenvalue weighted by molar-refractivity contribution is -0.150. The maximum Gasteiger partial charge on any atom is 0.332 e. The SMILES string of the molecule is C[C@H](OCc1cncn1C)C(=O)O. The molecular weight excluding hydrogens is 172 g/mol. The lowest BCUT2D eigenvalue weighted by Gasteiger charge is -2.07. The highest BCUT2D eigenvalue weighted by Crippen LogP contribution is 2.01. The Morgan fingerprint density at radius 3 is 3.00 bits per heavy atom. The molecule has 1 aromatic heterocycles. The number of hydrogen-bond donors (Lipinski definition) is 1. The van der Waals surface area contributed by atoms with Crippen LogP contribution < -0.4 is 0 Å². The number of aromatic nitrogens is 2. The van der Waals surface area contributed by atoms with E-state index in [1.165, 1.54) is 6.92 Å². The first-order valence-corrected chi connectivity index (χ1v) is 3.91. The average molecular weight is 184 g/mol. The molecule has 0 radical (unpaired) electrons. The van der Waals surface area contributed by atoms with E-state index >= 15 is 0 Å². The second kappa shape index (κ2) is 4.04. The molecule has 1 rings (SSSR count). The number of ether oxygens (including phenoxy) is 1. The standard InChI is InChI=1S/C8H12N2O3/c1-6(8(11)12)13-4-7-3-9-5-10(7)2/h3,5-6H,4H2,1-2H3,(H,11,12)/t6-/m0/s1. The molecular formula is C8H12N2O3. The molecule has 5 nitrogen and oxygen atoms in total. The molecule has 0 saturated heterocycles. The monoisotopic (exact) mass is 184 g/mol. The van der Waals surface area contributed by atoms with Crippen LogP contribution in [0.15, 0.2) is 12.5 Å². The molecule has 0 aliphatic rings. The maximum absolute atomic E-state index is 10.4. The molecule has 1 N–H and O–H groups in total. The third kappa shape index (κ3) is 2.55. The van der Waals surface area contributed by atoms with E-state index in [1.807, 2.05) is 7.05 Å². The predicted molar refractivity (Wildman–Crippen MR) is 45.1 cm³/mol. The highest BCUT2D eigenvalue weighted by atomic mass is 16.5. The van der Waals surface area contributed by atoms with Gasteiger partial charge >= 0.3 is 5.97 Å². The molecule has 13 heavy (non-hydrogen) atoms. The molecule has 72 valence electrons. The molecule has 0 aromatic carbocycles. The number of hydrogen-bond acceptors (Lipinski definition) is 3. The summed E-state index contributed by atoms with van der Waals surface area (Å²) in [5.41, 5.74) is 0.855. The van der Waals surface area contributed by atoms with Crippen molar-refractivity contribution in [3.8, 4) is 0 Å². The van der Waals surface area contributed by atoms with Crippen LogP contribution in [0.25, 0.3) is 0 Å². The molecule has 1 heterocycles. The second-order valence-corrected chi connectivity index (χ2v) is 2.79. The van der Waals surface area contributed by atoms with Gasteiger partial charge in [0, 0.05) is 7.05 Å².